The van der Waals surface area contributed by atoms with Crippen molar-refractivity contribution in [1.82, 2.24) is 9.97 Å². The average Bonchev–Trinajstić information content (AvgIpc) is 2.44. The monoisotopic (exact) mass is 317 g/mol. The molecule has 0 spiro atoms. The molecule has 82 valence electrons. The summed E-state index contributed by atoms with van der Waals surface area (Å²) in [5.41, 5.74) is 0. The van der Waals surface area contributed by atoms with Crippen molar-refractivity contribution < 1.29 is 0 Å². The highest BCUT2D eigenvalue weighted by Gasteiger charge is 2.19. The van der Waals surface area contributed by atoms with E-state index in [1.807, 2.05) is 6.20 Å². The van der Waals surface area contributed by atoms with Crippen molar-refractivity contribution in [3.8, 4) is 0 Å². The van der Waals surface area contributed by atoms with Gasteiger partial charge in [-0.15, -0.1) is 0 Å². The minimum Gasteiger partial charge on any atom is -0.353 e. The first-order valence-corrected chi connectivity index (χ1v) is 6.59. The topological polar surface area (TPSA) is 29.0 Å². The molecular formula is C11H16IN3. The number of aromatic nitrogens is 2. The van der Waals surface area contributed by atoms with Crippen LogP contribution in [-0.2, 0) is 0 Å². The molecule has 0 aromatic carbocycles. The van der Waals surface area contributed by atoms with Gasteiger partial charge in [-0.1, -0.05) is 12.8 Å². The van der Waals surface area contributed by atoms with Crippen molar-refractivity contribution in [3.63, 3.8) is 0 Å². The molecule has 0 radical (unpaired) electrons. The first kappa shape index (κ1) is 11.1. The molecule has 1 unspecified atom stereocenters. The van der Waals surface area contributed by atoms with Gasteiger partial charge in [0.25, 0.3) is 0 Å². The molecule has 0 bridgehead atoms. The molecule has 1 atom stereocenters. The number of anilines is 1. The van der Waals surface area contributed by atoms with Gasteiger partial charge < -0.3 is 4.90 Å². The first-order chi connectivity index (χ1) is 7.29. The van der Waals surface area contributed by atoms with Gasteiger partial charge in [0.15, 0.2) is 0 Å². The summed E-state index contributed by atoms with van der Waals surface area (Å²) < 4.78 is 1.16. The van der Waals surface area contributed by atoms with Crippen molar-refractivity contribution >= 4 is 28.4 Å². The van der Waals surface area contributed by atoms with Crippen molar-refractivity contribution in [3.05, 3.63) is 16.1 Å². The fourth-order valence-electron chi connectivity index (χ4n) is 2.11. The van der Waals surface area contributed by atoms with E-state index in [4.69, 9.17) is 0 Å². The molecule has 1 fully saturated rings. The number of hydrogen-bond acceptors (Lipinski definition) is 3. The summed E-state index contributed by atoms with van der Waals surface area (Å²) in [5.74, 6) is 1.11. The van der Waals surface area contributed by atoms with E-state index in [0.717, 1.165) is 15.9 Å². The van der Waals surface area contributed by atoms with Crippen LogP contribution in [0.5, 0.6) is 0 Å². The molecule has 2 heterocycles. The van der Waals surface area contributed by atoms with Crippen molar-refractivity contribution in [2.24, 2.45) is 0 Å². The molecule has 15 heavy (non-hydrogen) atoms. The number of rotatable bonds is 1. The molecule has 1 aromatic heterocycles. The molecule has 1 aliphatic heterocycles. The van der Waals surface area contributed by atoms with E-state index >= 15 is 0 Å². The fraction of sp³-hybridized carbons (Fsp3) is 0.636. The van der Waals surface area contributed by atoms with Crippen LogP contribution < -0.4 is 4.90 Å². The zero-order valence-electron chi connectivity index (χ0n) is 8.99. The highest BCUT2D eigenvalue weighted by molar-refractivity contribution is 14.1. The Bertz CT molecular complexity index is 329. The largest absolute Gasteiger partial charge is 0.353 e. The Hall–Kier alpha value is -0.390. The molecule has 0 aliphatic carbocycles. The first-order valence-electron chi connectivity index (χ1n) is 5.51. The molecular weight excluding hydrogens is 301 g/mol. The molecule has 1 aromatic rings. The molecule has 1 saturated heterocycles. The van der Waals surface area contributed by atoms with Crippen LogP contribution in [0.2, 0.25) is 0 Å². The summed E-state index contributed by atoms with van der Waals surface area (Å²) in [4.78, 5) is 10.9. The number of nitrogens with zero attached hydrogens (tertiary/aromatic N) is 3. The van der Waals surface area contributed by atoms with Gasteiger partial charge in [-0.2, -0.15) is 0 Å². The second-order valence-electron chi connectivity index (χ2n) is 4.09. The number of hydrogen-bond donors (Lipinski definition) is 0. The van der Waals surface area contributed by atoms with E-state index in [-0.39, 0.29) is 0 Å². The lowest BCUT2D eigenvalue weighted by molar-refractivity contribution is 0.609. The Morgan fingerprint density at radius 3 is 3.07 bits per heavy atom. The minimum absolute atomic E-state index is 0.607. The zero-order chi connectivity index (χ0) is 10.7. The Labute approximate surface area is 104 Å². The van der Waals surface area contributed by atoms with Crippen LogP contribution in [0.4, 0.5) is 5.82 Å². The van der Waals surface area contributed by atoms with Gasteiger partial charge in [-0.05, 0) is 42.4 Å². The van der Waals surface area contributed by atoms with Crippen molar-refractivity contribution in [2.45, 2.75) is 38.6 Å². The fourth-order valence-corrected chi connectivity index (χ4v) is 2.72. The highest BCUT2D eigenvalue weighted by Crippen LogP contribution is 2.25. The summed E-state index contributed by atoms with van der Waals surface area (Å²) >= 11 is 2.32. The van der Waals surface area contributed by atoms with Crippen molar-refractivity contribution in [2.75, 3.05) is 11.4 Å². The molecule has 2 rings (SSSR count). The molecule has 0 N–H and O–H groups in total. The summed E-state index contributed by atoms with van der Waals surface area (Å²) in [7, 11) is 0. The summed E-state index contributed by atoms with van der Waals surface area (Å²) in [5, 5.41) is 0. The third kappa shape index (κ3) is 2.59. The van der Waals surface area contributed by atoms with E-state index in [9.17, 15) is 0 Å². The molecule has 1 aliphatic rings. The summed E-state index contributed by atoms with van der Waals surface area (Å²) in [6.07, 6.45) is 8.79. The van der Waals surface area contributed by atoms with E-state index in [0.29, 0.717) is 6.04 Å². The van der Waals surface area contributed by atoms with Gasteiger partial charge in [0, 0.05) is 18.8 Å². The van der Waals surface area contributed by atoms with Crippen LogP contribution in [0.25, 0.3) is 0 Å². The van der Waals surface area contributed by atoms with Gasteiger partial charge in [0.2, 0.25) is 0 Å². The lowest BCUT2D eigenvalue weighted by Gasteiger charge is -2.28. The maximum Gasteiger partial charge on any atom is 0.145 e. The second kappa shape index (κ2) is 5.09. The van der Waals surface area contributed by atoms with Gasteiger partial charge in [-0.25, -0.2) is 9.97 Å². The van der Waals surface area contributed by atoms with E-state index < -0.39 is 0 Å². The molecule has 0 saturated carbocycles. The molecule has 3 nitrogen and oxygen atoms in total. The smallest absolute Gasteiger partial charge is 0.145 e. The zero-order valence-corrected chi connectivity index (χ0v) is 11.1. The van der Waals surface area contributed by atoms with Gasteiger partial charge in [-0.3, -0.25) is 0 Å². The van der Waals surface area contributed by atoms with Crippen LogP contribution in [0.3, 0.4) is 0 Å². The second-order valence-corrected chi connectivity index (χ2v) is 5.25. The van der Waals surface area contributed by atoms with Crippen molar-refractivity contribution in [1.29, 1.82) is 0 Å². The maximum atomic E-state index is 4.40. The standard InChI is InChI=1S/C11H16IN3/c1-9-5-3-2-4-6-15(9)11-10(12)7-13-8-14-11/h7-9H,2-6H2,1H3. The van der Waals surface area contributed by atoms with E-state index in [2.05, 4.69) is 44.4 Å². The van der Waals surface area contributed by atoms with Crippen LogP contribution in [0.1, 0.15) is 32.6 Å². The quantitative estimate of drug-likeness (QED) is 0.746. The highest BCUT2D eigenvalue weighted by atomic mass is 127. The Morgan fingerprint density at radius 2 is 2.27 bits per heavy atom. The lowest BCUT2D eigenvalue weighted by atomic mass is 10.1. The van der Waals surface area contributed by atoms with Gasteiger partial charge >= 0.3 is 0 Å². The molecule has 4 heteroatoms. The Morgan fingerprint density at radius 1 is 1.40 bits per heavy atom. The van der Waals surface area contributed by atoms with Crippen LogP contribution >= 0.6 is 22.6 Å². The van der Waals surface area contributed by atoms with Gasteiger partial charge in [0.1, 0.15) is 12.1 Å². The number of halogens is 1. The van der Waals surface area contributed by atoms with Crippen LogP contribution in [0, 0.1) is 3.57 Å². The van der Waals surface area contributed by atoms with Crippen LogP contribution in [-0.4, -0.2) is 22.6 Å². The third-order valence-corrected chi connectivity index (χ3v) is 3.73. The summed E-state index contributed by atoms with van der Waals surface area (Å²) in [6, 6.07) is 0.607. The Kier molecular flexibility index (Phi) is 3.77. The Balaban J connectivity index is 2.24. The lowest BCUT2D eigenvalue weighted by Crippen LogP contribution is -2.33. The van der Waals surface area contributed by atoms with Gasteiger partial charge in [0.05, 0.1) is 3.57 Å². The molecule has 0 amide bonds. The van der Waals surface area contributed by atoms with E-state index in [1.165, 1.54) is 25.7 Å². The van der Waals surface area contributed by atoms with E-state index in [1.54, 1.807) is 6.33 Å². The summed E-state index contributed by atoms with van der Waals surface area (Å²) in [6.45, 7) is 3.43. The minimum atomic E-state index is 0.607. The normalized spacial score (nSPS) is 22.5. The van der Waals surface area contributed by atoms with Crippen LogP contribution in [0.15, 0.2) is 12.5 Å². The SMILES string of the molecule is CC1CCCCCN1c1ncncc1I. The average molecular weight is 317 g/mol. The third-order valence-electron chi connectivity index (χ3n) is 2.97. The predicted molar refractivity (Wildman–Crippen MR) is 70.0 cm³/mol. The predicted octanol–water partition coefficient (Wildman–Crippen LogP) is 2.85. The maximum absolute atomic E-state index is 4.40.